The zero-order valence-electron chi connectivity index (χ0n) is 10.8. The van der Waals surface area contributed by atoms with Crippen molar-refractivity contribution in [1.82, 2.24) is 0 Å². The van der Waals surface area contributed by atoms with Crippen molar-refractivity contribution in [2.24, 2.45) is 5.92 Å². The summed E-state index contributed by atoms with van der Waals surface area (Å²) in [5, 5.41) is 17.3. The number of carbonyl (C=O) groups is 2. The molecule has 0 aromatic heterocycles. The zero-order valence-corrected chi connectivity index (χ0v) is 12.4. The quantitative estimate of drug-likeness (QED) is 0.476. The molecule has 0 heterocycles. The molecule has 0 unspecified atom stereocenters. The molecule has 0 radical (unpaired) electrons. The van der Waals surface area contributed by atoms with Crippen molar-refractivity contribution >= 4 is 36.8 Å². The van der Waals surface area contributed by atoms with E-state index < -0.39 is 17.9 Å². The molecule has 0 saturated carbocycles. The lowest BCUT2D eigenvalue weighted by Crippen LogP contribution is -2.23. The Labute approximate surface area is 121 Å². The van der Waals surface area contributed by atoms with Gasteiger partial charge in [0.05, 0.1) is 0 Å². The number of halogens is 2. The second-order valence-electron chi connectivity index (χ2n) is 4.14. The van der Waals surface area contributed by atoms with Gasteiger partial charge >= 0.3 is 11.9 Å². The number of unbranched alkanes of at least 4 members (excludes halogenated alkanes) is 6. The van der Waals surface area contributed by atoms with Gasteiger partial charge in [0.1, 0.15) is 0 Å². The molecule has 0 bridgehead atoms. The van der Waals surface area contributed by atoms with E-state index in [1.54, 1.807) is 0 Å². The second-order valence-corrected chi connectivity index (χ2v) is 4.14. The minimum atomic E-state index is -1.23. The van der Waals surface area contributed by atoms with Gasteiger partial charge in [-0.2, -0.15) is 0 Å². The normalized spacial score (nSPS) is 9.44. The molecule has 0 fully saturated rings. The minimum absolute atomic E-state index is 0. The number of carboxylic acid groups (broad SMARTS) is 2. The van der Waals surface area contributed by atoms with Crippen LogP contribution in [-0.4, -0.2) is 22.2 Å². The highest BCUT2D eigenvalue weighted by Gasteiger charge is 2.24. The van der Waals surface area contributed by atoms with Crippen LogP contribution in [0.25, 0.3) is 0 Å². The van der Waals surface area contributed by atoms with Crippen LogP contribution in [0.3, 0.4) is 0 Å². The first-order valence-electron chi connectivity index (χ1n) is 6.05. The molecule has 2 N–H and O–H groups in total. The van der Waals surface area contributed by atoms with Crippen molar-refractivity contribution in [1.29, 1.82) is 0 Å². The smallest absolute Gasteiger partial charge is 0.317 e. The van der Waals surface area contributed by atoms with E-state index in [4.69, 9.17) is 10.2 Å². The highest BCUT2D eigenvalue weighted by molar-refractivity contribution is 5.92. The third-order valence-electron chi connectivity index (χ3n) is 2.69. The molecule has 0 aromatic rings. The summed E-state index contributed by atoms with van der Waals surface area (Å²) in [6.45, 7) is 2.16. The molecule has 0 saturated heterocycles. The topological polar surface area (TPSA) is 74.6 Å². The van der Waals surface area contributed by atoms with Gasteiger partial charge in [0, 0.05) is 0 Å². The maximum Gasteiger partial charge on any atom is 0.317 e. The van der Waals surface area contributed by atoms with Crippen LogP contribution >= 0.6 is 24.8 Å². The average molecular weight is 303 g/mol. The van der Waals surface area contributed by atoms with Crippen molar-refractivity contribution in [2.45, 2.75) is 58.3 Å². The minimum Gasteiger partial charge on any atom is -0.481 e. The second kappa shape index (κ2) is 14.6. The van der Waals surface area contributed by atoms with Crippen LogP contribution in [0.2, 0.25) is 0 Å². The summed E-state index contributed by atoms with van der Waals surface area (Å²) in [5.74, 6) is -3.67. The Morgan fingerprint density at radius 3 is 1.61 bits per heavy atom. The van der Waals surface area contributed by atoms with Crippen LogP contribution in [0.5, 0.6) is 0 Å². The van der Waals surface area contributed by atoms with E-state index in [0.717, 1.165) is 12.8 Å². The molecule has 6 heteroatoms. The third-order valence-corrected chi connectivity index (χ3v) is 2.69. The van der Waals surface area contributed by atoms with Gasteiger partial charge in [0.25, 0.3) is 0 Å². The van der Waals surface area contributed by atoms with E-state index >= 15 is 0 Å². The van der Waals surface area contributed by atoms with Gasteiger partial charge in [-0.15, -0.1) is 24.8 Å². The van der Waals surface area contributed by atoms with Crippen LogP contribution in [0.1, 0.15) is 58.3 Å². The van der Waals surface area contributed by atoms with Crippen LogP contribution in [0, 0.1) is 5.92 Å². The van der Waals surface area contributed by atoms with Crippen LogP contribution in [0.4, 0.5) is 0 Å². The molecule has 0 aliphatic heterocycles. The van der Waals surface area contributed by atoms with Crippen molar-refractivity contribution in [2.75, 3.05) is 0 Å². The maximum absolute atomic E-state index is 10.6. The maximum atomic E-state index is 10.6. The standard InChI is InChI=1S/C12H22O4.2ClH/c1-2-3-4-5-6-7-8-9-10(11(13)14)12(15)16;;/h10H,2-9H2,1H3,(H,13,14)(H,15,16);2*1H. The summed E-state index contributed by atoms with van der Waals surface area (Å²) in [6.07, 6.45) is 7.78. The molecule has 18 heavy (non-hydrogen) atoms. The average Bonchev–Trinajstić information content (AvgIpc) is 2.21. The highest BCUT2D eigenvalue weighted by atomic mass is 35.5. The lowest BCUT2D eigenvalue weighted by atomic mass is 10.0. The Balaban J connectivity index is -0.00000112. The van der Waals surface area contributed by atoms with Crippen molar-refractivity contribution in [3.63, 3.8) is 0 Å². The molecule has 0 aromatic carbocycles. The lowest BCUT2D eigenvalue weighted by molar-refractivity contribution is -0.154. The lowest BCUT2D eigenvalue weighted by Gasteiger charge is -2.06. The monoisotopic (exact) mass is 302 g/mol. The fourth-order valence-electron chi connectivity index (χ4n) is 1.66. The van der Waals surface area contributed by atoms with Gasteiger partial charge in [-0.25, -0.2) is 0 Å². The SMILES string of the molecule is CCCCCCCCCC(C(=O)O)C(=O)O.Cl.Cl. The van der Waals surface area contributed by atoms with Crippen molar-refractivity contribution < 1.29 is 19.8 Å². The fourth-order valence-corrected chi connectivity index (χ4v) is 1.66. The Bertz CT molecular complexity index is 208. The van der Waals surface area contributed by atoms with Crippen LogP contribution in [-0.2, 0) is 9.59 Å². The molecule has 0 aliphatic carbocycles. The summed E-state index contributed by atoms with van der Waals surface area (Å²) in [6, 6.07) is 0. The largest absolute Gasteiger partial charge is 0.481 e. The number of rotatable bonds is 10. The van der Waals surface area contributed by atoms with Crippen molar-refractivity contribution in [3.8, 4) is 0 Å². The zero-order chi connectivity index (χ0) is 12.4. The Kier molecular flexibility index (Phi) is 18.4. The molecule has 0 spiro atoms. The summed E-state index contributed by atoms with van der Waals surface area (Å²) < 4.78 is 0. The summed E-state index contributed by atoms with van der Waals surface area (Å²) in [7, 11) is 0. The van der Waals surface area contributed by atoms with Gasteiger partial charge in [-0.05, 0) is 6.42 Å². The number of hydrogen-bond acceptors (Lipinski definition) is 2. The fraction of sp³-hybridized carbons (Fsp3) is 0.833. The van der Waals surface area contributed by atoms with Gasteiger partial charge in [-0.3, -0.25) is 9.59 Å². The number of hydrogen-bond donors (Lipinski definition) is 2. The van der Waals surface area contributed by atoms with Crippen molar-refractivity contribution in [3.05, 3.63) is 0 Å². The van der Waals surface area contributed by atoms with Crippen LogP contribution in [0.15, 0.2) is 0 Å². The number of aliphatic carboxylic acids is 2. The van der Waals surface area contributed by atoms with Gasteiger partial charge in [-0.1, -0.05) is 51.9 Å². The molecule has 4 nitrogen and oxygen atoms in total. The van der Waals surface area contributed by atoms with E-state index in [9.17, 15) is 9.59 Å². The predicted octanol–water partition coefficient (Wildman–Crippen LogP) is 3.76. The highest BCUT2D eigenvalue weighted by Crippen LogP contribution is 2.13. The van der Waals surface area contributed by atoms with E-state index in [2.05, 4.69) is 6.92 Å². The van der Waals surface area contributed by atoms with Gasteiger partial charge in [0.15, 0.2) is 5.92 Å². The summed E-state index contributed by atoms with van der Waals surface area (Å²) in [4.78, 5) is 21.1. The molecular weight excluding hydrogens is 279 g/mol. The molecule has 0 aliphatic rings. The Hall–Kier alpha value is -0.480. The van der Waals surface area contributed by atoms with Gasteiger partial charge < -0.3 is 10.2 Å². The molecule has 0 amide bonds. The van der Waals surface area contributed by atoms with E-state index in [1.807, 2.05) is 0 Å². The summed E-state index contributed by atoms with van der Waals surface area (Å²) in [5.41, 5.74) is 0. The van der Waals surface area contributed by atoms with E-state index in [-0.39, 0.29) is 31.2 Å². The van der Waals surface area contributed by atoms with E-state index in [0.29, 0.717) is 6.42 Å². The predicted molar refractivity (Wildman–Crippen MR) is 75.9 cm³/mol. The first kappa shape index (κ1) is 22.7. The Morgan fingerprint density at radius 2 is 1.22 bits per heavy atom. The first-order valence-corrected chi connectivity index (χ1v) is 6.05. The Morgan fingerprint density at radius 1 is 0.833 bits per heavy atom. The molecular formula is C12H24Cl2O4. The van der Waals surface area contributed by atoms with Crippen LogP contribution < -0.4 is 0 Å². The third kappa shape index (κ3) is 12.0. The first-order chi connectivity index (χ1) is 7.59. The molecule has 0 rings (SSSR count). The van der Waals surface area contributed by atoms with Gasteiger partial charge in [0.2, 0.25) is 0 Å². The summed E-state index contributed by atoms with van der Waals surface area (Å²) >= 11 is 0. The van der Waals surface area contributed by atoms with E-state index in [1.165, 1.54) is 25.7 Å². The molecule has 110 valence electrons. The molecule has 0 atom stereocenters. The number of carboxylic acids is 2.